The van der Waals surface area contributed by atoms with Gasteiger partial charge in [-0.2, -0.15) is 4.31 Å². The zero-order valence-electron chi connectivity index (χ0n) is 15.4. The standard InChI is InChI=1S/C20H23ClN2O3S/c1-14-6-7-19(15(2)12-14)27(25,26)23-10-8-16(9-11-23)20(24)22-18-5-3-4-17(21)13-18/h3-7,12-13,16H,8-11H2,1-2H3,(H,22,24). The van der Waals surface area contributed by atoms with Gasteiger partial charge in [0.05, 0.1) is 4.90 Å². The Morgan fingerprint density at radius 2 is 1.81 bits per heavy atom. The number of carbonyl (C=O) groups excluding carboxylic acids is 1. The van der Waals surface area contributed by atoms with Crippen LogP contribution in [0.5, 0.6) is 0 Å². The van der Waals surface area contributed by atoms with E-state index in [9.17, 15) is 13.2 Å². The molecule has 2 aromatic carbocycles. The van der Waals surface area contributed by atoms with Gasteiger partial charge in [0.2, 0.25) is 15.9 Å². The van der Waals surface area contributed by atoms with Crippen LogP contribution in [0, 0.1) is 19.8 Å². The number of amides is 1. The fraction of sp³-hybridized carbons (Fsp3) is 0.350. The first-order chi connectivity index (χ1) is 12.8. The molecule has 1 fully saturated rings. The summed E-state index contributed by atoms with van der Waals surface area (Å²) in [4.78, 5) is 12.8. The summed E-state index contributed by atoms with van der Waals surface area (Å²) in [5.41, 5.74) is 2.43. The first-order valence-electron chi connectivity index (χ1n) is 8.91. The fourth-order valence-corrected chi connectivity index (χ4v) is 5.26. The van der Waals surface area contributed by atoms with Crippen LogP contribution in [0.1, 0.15) is 24.0 Å². The van der Waals surface area contributed by atoms with E-state index in [4.69, 9.17) is 11.6 Å². The molecule has 7 heteroatoms. The number of nitrogens with one attached hydrogen (secondary N) is 1. The molecule has 3 rings (SSSR count). The predicted molar refractivity (Wildman–Crippen MR) is 107 cm³/mol. The smallest absolute Gasteiger partial charge is 0.243 e. The molecule has 0 bridgehead atoms. The summed E-state index contributed by atoms with van der Waals surface area (Å²) in [6, 6.07) is 12.3. The van der Waals surface area contributed by atoms with Gasteiger partial charge in [-0.3, -0.25) is 4.79 Å². The molecule has 0 aromatic heterocycles. The van der Waals surface area contributed by atoms with Crippen molar-refractivity contribution in [1.82, 2.24) is 4.31 Å². The number of benzene rings is 2. The number of carbonyl (C=O) groups is 1. The summed E-state index contributed by atoms with van der Waals surface area (Å²) >= 11 is 5.94. The second-order valence-corrected chi connectivity index (χ2v) is 9.29. The number of hydrogen-bond donors (Lipinski definition) is 1. The molecule has 1 saturated heterocycles. The normalized spacial score (nSPS) is 16.3. The van der Waals surface area contributed by atoms with Crippen molar-refractivity contribution in [3.8, 4) is 0 Å². The highest BCUT2D eigenvalue weighted by Gasteiger charge is 2.32. The second kappa shape index (κ2) is 8.00. The number of halogens is 1. The highest BCUT2D eigenvalue weighted by molar-refractivity contribution is 7.89. The van der Waals surface area contributed by atoms with E-state index in [1.54, 1.807) is 30.3 Å². The molecule has 1 aliphatic rings. The lowest BCUT2D eigenvalue weighted by Gasteiger charge is -2.31. The van der Waals surface area contributed by atoms with Crippen molar-refractivity contribution < 1.29 is 13.2 Å². The van der Waals surface area contributed by atoms with Gasteiger partial charge in [-0.15, -0.1) is 0 Å². The lowest BCUT2D eigenvalue weighted by atomic mass is 9.97. The Bertz CT molecular complexity index is 951. The number of hydrogen-bond acceptors (Lipinski definition) is 3. The van der Waals surface area contributed by atoms with Crippen LogP contribution < -0.4 is 5.32 Å². The van der Waals surface area contributed by atoms with Crippen molar-refractivity contribution >= 4 is 33.2 Å². The van der Waals surface area contributed by atoms with Crippen molar-refractivity contribution in [1.29, 1.82) is 0 Å². The van der Waals surface area contributed by atoms with Crippen molar-refractivity contribution in [2.24, 2.45) is 5.92 Å². The molecule has 0 unspecified atom stereocenters. The first kappa shape index (κ1) is 19.9. The third-order valence-corrected chi connectivity index (χ3v) is 7.16. The van der Waals surface area contributed by atoms with Crippen LogP contribution in [0.15, 0.2) is 47.4 Å². The van der Waals surface area contributed by atoms with Gasteiger partial charge < -0.3 is 5.32 Å². The zero-order valence-corrected chi connectivity index (χ0v) is 17.0. The molecule has 144 valence electrons. The van der Waals surface area contributed by atoms with Gasteiger partial charge in [0.1, 0.15) is 0 Å². The van der Waals surface area contributed by atoms with Crippen molar-refractivity contribution in [2.75, 3.05) is 18.4 Å². The average Bonchev–Trinajstić information content (AvgIpc) is 2.61. The fourth-order valence-electron chi connectivity index (χ4n) is 3.40. The molecule has 0 radical (unpaired) electrons. The van der Waals surface area contributed by atoms with Crippen LogP contribution in [-0.4, -0.2) is 31.7 Å². The number of anilines is 1. The van der Waals surface area contributed by atoms with Crippen LogP contribution >= 0.6 is 11.6 Å². The van der Waals surface area contributed by atoms with Crippen molar-refractivity contribution in [3.05, 3.63) is 58.6 Å². The summed E-state index contributed by atoms with van der Waals surface area (Å²) in [7, 11) is -3.54. The topological polar surface area (TPSA) is 66.5 Å². The van der Waals surface area contributed by atoms with Gasteiger partial charge in [0.25, 0.3) is 0 Å². The summed E-state index contributed by atoms with van der Waals surface area (Å²) < 4.78 is 27.4. The lowest BCUT2D eigenvalue weighted by molar-refractivity contribution is -0.120. The monoisotopic (exact) mass is 406 g/mol. The summed E-state index contributed by atoms with van der Waals surface area (Å²) in [6.45, 7) is 4.42. The molecule has 1 heterocycles. The Hall–Kier alpha value is -1.89. The Balaban J connectivity index is 1.65. The van der Waals surface area contributed by atoms with Crippen molar-refractivity contribution in [3.63, 3.8) is 0 Å². The Morgan fingerprint density at radius 1 is 1.11 bits per heavy atom. The molecule has 0 spiro atoms. The summed E-state index contributed by atoms with van der Waals surface area (Å²) in [6.07, 6.45) is 0.993. The van der Waals surface area contributed by atoms with Crippen LogP contribution in [0.2, 0.25) is 5.02 Å². The van der Waals surface area contributed by atoms with Gasteiger partial charge in [-0.25, -0.2) is 8.42 Å². The Kier molecular flexibility index (Phi) is 5.89. The van der Waals surface area contributed by atoms with Gasteiger partial charge in [0.15, 0.2) is 0 Å². The van der Waals surface area contributed by atoms with E-state index < -0.39 is 10.0 Å². The number of aryl methyl sites for hydroxylation is 2. The maximum atomic E-state index is 12.9. The maximum absolute atomic E-state index is 12.9. The third-order valence-electron chi connectivity index (χ3n) is 4.87. The summed E-state index contributed by atoms with van der Waals surface area (Å²) in [5.74, 6) is -0.310. The predicted octanol–water partition coefficient (Wildman–Crippen LogP) is 4.00. The van der Waals surface area contributed by atoms with E-state index in [-0.39, 0.29) is 11.8 Å². The number of sulfonamides is 1. The number of rotatable bonds is 4. The van der Waals surface area contributed by atoms with E-state index in [1.807, 2.05) is 26.0 Å². The summed E-state index contributed by atoms with van der Waals surface area (Å²) in [5, 5.41) is 3.42. The quantitative estimate of drug-likeness (QED) is 0.834. The van der Waals surface area contributed by atoms with Crippen LogP contribution in [0.25, 0.3) is 0 Å². The van der Waals surface area contributed by atoms with E-state index in [0.717, 1.165) is 11.1 Å². The van der Waals surface area contributed by atoms with Gasteiger partial charge >= 0.3 is 0 Å². The van der Waals surface area contributed by atoms with Crippen LogP contribution in [-0.2, 0) is 14.8 Å². The van der Waals surface area contributed by atoms with Crippen LogP contribution in [0.4, 0.5) is 5.69 Å². The highest BCUT2D eigenvalue weighted by atomic mass is 35.5. The van der Waals surface area contributed by atoms with Crippen LogP contribution in [0.3, 0.4) is 0 Å². The first-order valence-corrected chi connectivity index (χ1v) is 10.7. The van der Waals surface area contributed by atoms with Crippen molar-refractivity contribution in [2.45, 2.75) is 31.6 Å². The van der Waals surface area contributed by atoms with E-state index in [0.29, 0.717) is 41.5 Å². The molecular weight excluding hydrogens is 384 g/mol. The van der Waals surface area contributed by atoms with Gasteiger partial charge in [-0.1, -0.05) is 35.4 Å². The molecule has 0 atom stereocenters. The molecule has 1 amide bonds. The van der Waals surface area contributed by atoms with E-state index >= 15 is 0 Å². The van der Waals surface area contributed by atoms with E-state index in [1.165, 1.54) is 4.31 Å². The average molecular weight is 407 g/mol. The largest absolute Gasteiger partial charge is 0.326 e. The maximum Gasteiger partial charge on any atom is 0.243 e. The number of piperidine rings is 1. The molecule has 27 heavy (non-hydrogen) atoms. The van der Waals surface area contributed by atoms with E-state index in [2.05, 4.69) is 5.32 Å². The Labute approximate surface area is 165 Å². The molecule has 5 nitrogen and oxygen atoms in total. The zero-order chi connectivity index (χ0) is 19.6. The SMILES string of the molecule is Cc1ccc(S(=O)(=O)N2CCC(C(=O)Nc3cccc(Cl)c3)CC2)c(C)c1. The molecular formula is C20H23ClN2O3S. The molecule has 0 aliphatic carbocycles. The molecule has 1 N–H and O–H groups in total. The molecule has 1 aliphatic heterocycles. The minimum atomic E-state index is -3.54. The van der Waals surface area contributed by atoms with Gasteiger partial charge in [-0.05, 0) is 56.5 Å². The Morgan fingerprint density at radius 3 is 2.44 bits per heavy atom. The number of nitrogens with zero attached hydrogens (tertiary/aromatic N) is 1. The second-order valence-electron chi connectivity index (χ2n) is 6.95. The minimum absolute atomic E-state index is 0.0965. The highest BCUT2D eigenvalue weighted by Crippen LogP contribution is 2.27. The third kappa shape index (κ3) is 4.51. The minimum Gasteiger partial charge on any atom is -0.326 e. The molecule has 0 saturated carbocycles. The van der Waals surface area contributed by atoms with Gasteiger partial charge in [0, 0.05) is 29.7 Å². The molecule has 2 aromatic rings. The lowest BCUT2D eigenvalue weighted by Crippen LogP contribution is -2.41.